The summed E-state index contributed by atoms with van der Waals surface area (Å²) in [7, 11) is 1.80. The van der Waals surface area contributed by atoms with E-state index in [9.17, 15) is 9.59 Å². The second-order valence-corrected chi connectivity index (χ2v) is 8.50. The maximum absolute atomic E-state index is 13.1. The number of H-pyrrole nitrogens is 1. The van der Waals surface area contributed by atoms with E-state index >= 15 is 0 Å². The molecule has 9 heteroatoms. The first-order chi connectivity index (χ1) is 14.2. The number of amides is 2. The zero-order valence-electron chi connectivity index (χ0n) is 18.7. The molecule has 2 aromatic heterocycles. The van der Waals surface area contributed by atoms with Crippen LogP contribution in [0.3, 0.4) is 0 Å². The van der Waals surface area contributed by atoms with Gasteiger partial charge in [0, 0.05) is 49.9 Å². The summed E-state index contributed by atoms with van der Waals surface area (Å²) in [5.74, 6) is 0.0165. The molecule has 2 aromatic rings. The number of rotatable bonds is 1. The topological polar surface area (TPSA) is 96.4 Å². The van der Waals surface area contributed by atoms with Crippen LogP contribution in [-0.2, 0) is 24.2 Å². The highest BCUT2D eigenvalue weighted by molar-refractivity contribution is 5.94. The SMILES string of the molecule is CC.CN1CC(c2ccn[nH]2)Cn2nc3c(c2C1=O)CN(C(=O)OC(C)(C)C)CC3. The molecule has 2 aliphatic rings. The van der Waals surface area contributed by atoms with Gasteiger partial charge in [-0.05, 0) is 26.8 Å². The van der Waals surface area contributed by atoms with Crippen molar-refractivity contribution in [1.82, 2.24) is 29.8 Å². The Kier molecular flexibility index (Phi) is 6.19. The van der Waals surface area contributed by atoms with Crippen molar-refractivity contribution in [3.8, 4) is 0 Å². The van der Waals surface area contributed by atoms with Gasteiger partial charge in [-0.3, -0.25) is 14.6 Å². The Morgan fingerprint density at radius 1 is 1.27 bits per heavy atom. The van der Waals surface area contributed by atoms with Crippen LogP contribution in [0.1, 0.15) is 68.0 Å². The first-order valence-corrected chi connectivity index (χ1v) is 10.5. The Balaban J connectivity index is 0.00000124. The predicted molar refractivity (Wildman–Crippen MR) is 112 cm³/mol. The van der Waals surface area contributed by atoms with Crippen LogP contribution in [-0.4, -0.2) is 67.5 Å². The summed E-state index contributed by atoms with van der Waals surface area (Å²) >= 11 is 0. The van der Waals surface area contributed by atoms with E-state index in [2.05, 4.69) is 10.2 Å². The molecule has 9 nitrogen and oxygen atoms in total. The van der Waals surface area contributed by atoms with Gasteiger partial charge in [-0.25, -0.2) is 4.79 Å². The van der Waals surface area contributed by atoms with Gasteiger partial charge in [0.1, 0.15) is 11.3 Å². The molecule has 164 valence electrons. The number of likely N-dealkylation sites (N-methyl/N-ethyl adjacent to an activating group) is 1. The molecule has 1 atom stereocenters. The highest BCUT2D eigenvalue weighted by Gasteiger charge is 2.36. The van der Waals surface area contributed by atoms with Gasteiger partial charge in [0.2, 0.25) is 0 Å². The molecule has 1 unspecified atom stereocenters. The molecule has 0 radical (unpaired) electrons. The molecule has 2 amide bonds. The first-order valence-electron chi connectivity index (χ1n) is 10.5. The number of hydrogen-bond acceptors (Lipinski definition) is 5. The van der Waals surface area contributed by atoms with Crippen molar-refractivity contribution in [2.24, 2.45) is 0 Å². The van der Waals surface area contributed by atoms with Gasteiger partial charge in [0.05, 0.1) is 18.8 Å². The number of carbonyl (C=O) groups is 2. The van der Waals surface area contributed by atoms with Crippen molar-refractivity contribution < 1.29 is 14.3 Å². The third-order valence-corrected chi connectivity index (χ3v) is 5.15. The lowest BCUT2D eigenvalue weighted by molar-refractivity contribution is 0.0222. The van der Waals surface area contributed by atoms with E-state index in [4.69, 9.17) is 9.84 Å². The van der Waals surface area contributed by atoms with Gasteiger partial charge in [-0.1, -0.05) is 13.8 Å². The molecular formula is C21H32N6O3. The molecule has 0 aromatic carbocycles. The zero-order chi connectivity index (χ0) is 22.1. The lowest BCUT2D eigenvalue weighted by Gasteiger charge is -2.30. The fraction of sp³-hybridized carbons (Fsp3) is 0.619. The van der Waals surface area contributed by atoms with E-state index in [1.807, 2.05) is 40.7 Å². The van der Waals surface area contributed by atoms with Crippen LogP contribution in [0, 0.1) is 0 Å². The number of aromatic amines is 1. The molecule has 0 fully saturated rings. The number of fused-ring (bicyclic) bond motifs is 3. The molecule has 4 heterocycles. The average molecular weight is 417 g/mol. The van der Waals surface area contributed by atoms with E-state index in [0.29, 0.717) is 38.3 Å². The Hall–Kier alpha value is -2.84. The van der Waals surface area contributed by atoms with Crippen LogP contribution >= 0.6 is 0 Å². The fourth-order valence-corrected chi connectivity index (χ4v) is 3.83. The number of ether oxygens (including phenoxy) is 1. The molecule has 1 N–H and O–H groups in total. The van der Waals surface area contributed by atoms with Gasteiger partial charge >= 0.3 is 6.09 Å². The van der Waals surface area contributed by atoms with Crippen molar-refractivity contribution in [3.05, 3.63) is 34.9 Å². The van der Waals surface area contributed by atoms with E-state index < -0.39 is 5.60 Å². The molecule has 0 saturated carbocycles. The Bertz CT molecular complexity index is 897. The normalized spacial score (nSPS) is 18.7. The highest BCUT2D eigenvalue weighted by atomic mass is 16.6. The van der Waals surface area contributed by atoms with Gasteiger partial charge in [-0.15, -0.1) is 0 Å². The predicted octanol–water partition coefficient (Wildman–Crippen LogP) is 2.80. The van der Waals surface area contributed by atoms with Crippen LogP contribution < -0.4 is 0 Å². The van der Waals surface area contributed by atoms with Crippen molar-refractivity contribution >= 4 is 12.0 Å². The second kappa shape index (κ2) is 8.49. The second-order valence-electron chi connectivity index (χ2n) is 8.50. The minimum absolute atomic E-state index is 0.0678. The zero-order valence-corrected chi connectivity index (χ0v) is 18.7. The molecular weight excluding hydrogens is 384 g/mol. The third-order valence-electron chi connectivity index (χ3n) is 5.15. The molecule has 2 aliphatic heterocycles. The summed E-state index contributed by atoms with van der Waals surface area (Å²) in [5, 5.41) is 11.8. The van der Waals surface area contributed by atoms with Gasteiger partial charge in [0.15, 0.2) is 0 Å². The first kappa shape index (κ1) is 21.9. The fourth-order valence-electron chi connectivity index (χ4n) is 3.83. The summed E-state index contributed by atoms with van der Waals surface area (Å²) in [4.78, 5) is 29.0. The van der Waals surface area contributed by atoms with Crippen LogP contribution in [0.2, 0.25) is 0 Å². The molecule has 0 spiro atoms. The quantitative estimate of drug-likeness (QED) is 0.771. The maximum atomic E-state index is 13.1. The van der Waals surface area contributed by atoms with Crippen molar-refractivity contribution in [2.45, 2.75) is 65.6 Å². The lowest BCUT2D eigenvalue weighted by Crippen LogP contribution is -2.40. The molecule has 0 saturated heterocycles. The minimum atomic E-state index is -0.555. The van der Waals surface area contributed by atoms with Crippen molar-refractivity contribution in [2.75, 3.05) is 20.1 Å². The summed E-state index contributed by atoms with van der Waals surface area (Å²) in [6, 6.07) is 1.93. The van der Waals surface area contributed by atoms with Crippen LogP contribution in [0.4, 0.5) is 4.79 Å². The summed E-state index contributed by atoms with van der Waals surface area (Å²) in [6.07, 6.45) is 1.97. The Morgan fingerprint density at radius 3 is 2.63 bits per heavy atom. The largest absolute Gasteiger partial charge is 0.444 e. The van der Waals surface area contributed by atoms with Crippen LogP contribution in [0.5, 0.6) is 0 Å². The average Bonchev–Trinajstić information content (AvgIpc) is 3.32. The van der Waals surface area contributed by atoms with Gasteiger partial charge in [-0.2, -0.15) is 10.2 Å². The van der Waals surface area contributed by atoms with Crippen molar-refractivity contribution in [1.29, 1.82) is 0 Å². The smallest absolute Gasteiger partial charge is 0.410 e. The molecule has 0 bridgehead atoms. The lowest BCUT2D eigenvalue weighted by atomic mass is 10.0. The number of aromatic nitrogens is 4. The van der Waals surface area contributed by atoms with E-state index in [-0.39, 0.29) is 17.9 Å². The summed E-state index contributed by atoms with van der Waals surface area (Å²) < 4.78 is 7.31. The molecule has 30 heavy (non-hydrogen) atoms. The maximum Gasteiger partial charge on any atom is 0.410 e. The van der Waals surface area contributed by atoms with Crippen LogP contribution in [0.25, 0.3) is 0 Å². The number of nitrogens with one attached hydrogen (secondary N) is 1. The minimum Gasteiger partial charge on any atom is -0.444 e. The Labute approximate surface area is 177 Å². The van der Waals surface area contributed by atoms with Gasteiger partial charge < -0.3 is 14.5 Å². The summed E-state index contributed by atoms with van der Waals surface area (Å²) in [6.45, 7) is 11.6. The van der Waals surface area contributed by atoms with Crippen molar-refractivity contribution in [3.63, 3.8) is 0 Å². The van der Waals surface area contributed by atoms with Gasteiger partial charge in [0.25, 0.3) is 5.91 Å². The number of hydrogen-bond donors (Lipinski definition) is 1. The molecule has 0 aliphatic carbocycles. The Morgan fingerprint density at radius 2 is 2.00 bits per heavy atom. The van der Waals surface area contributed by atoms with E-state index in [1.165, 1.54) is 0 Å². The summed E-state index contributed by atoms with van der Waals surface area (Å²) in [5.41, 5.74) is 2.73. The third kappa shape index (κ3) is 4.34. The monoisotopic (exact) mass is 416 g/mol. The number of nitrogens with zero attached hydrogens (tertiary/aromatic N) is 5. The van der Waals surface area contributed by atoms with Crippen LogP contribution in [0.15, 0.2) is 12.3 Å². The highest BCUT2D eigenvalue weighted by Crippen LogP contribution is 2.29. The number of carbonyl (C=O) groups excluding carboxylic acids is 2. The molecule has 4 rings (SSSR count). The van der Waals surface area contributed by atoms with E-state index in [1.54, 1.807) is 27.7 Å². The standard InChI is InChI=1S/C19H26N6O3.C2H6/c1-19(2,3)28-18(27)24-8-6-15-13(11-24)16-17(26)23(4)9-12(10-25(16)22-15)14-5-7-20-21-14;1-2/h5,7,12H,6,8-11H2,1-4H3,(H,20,21);1-2H3. The van der Waals surface area contributed by atoms with E-state index in [0.717, 1.165) is 17.0 Å².